The molecule has 0 bridgehead atoms. The molecular formula is C132H104. The van der Waals surface area contributed by atoms with Gasteiger partial charge in [-0.1, -0.05) is 352 Å². The van der Waals surface area contributed by atoms with Crippen LogP contribution >= 0.6 is 0 Å². The van der Waals surface area contributed by atoms with E-state index < -0.39 is 0 Å². The summed E-state index contributed by atoms with van der Waals surface area (Å²) in [7, 11) is 0. The summed E-state index contributed by atoms with van der Waals surface area (Å²) in [6.45, 7) is 0. The van der Waals surface area contributed by atoms with Crippen LogP contribution in [0, 0.1) is 0 Å². The van der Waals surface area contributed by atoms with Crippen LogP contribution in [0.15, 0.2) is 340 Å². The number of fused-ring (bicyclic) bond motifs is 39. The Balaban J connectivity index is 0.0000000791. The summed E-state index contributed by atoms with van der Waals surface area (Å²) >= 11 is 0. The molecule has 0 nitrogen and oxygen atoms in total. The minimum atomic E-state index is 1.08. The molecule has 0 saturated carbocycles. The zero-order valence-electron chi connectivity index (χ0n) is 75.2. The normalized spacial score (nSPS) is 14.9. The van der Waals surface area contributed by atoms with Gasteiger partial charge in [0, 0.05) is 0 Å². The van der Waals surface area contributed by atoms with Crippen LogP contribution in [-0.2, 0) is 122 Å². The molecule has 16 aliphatic carbocycles. The summed E-state index contributed by atoms with van der Waals surface area (Å²) in [5, 5.41) is 0. The van der Waals surface area contributed by atoms with Gasteiger partial charge in [-0.2, -0.15) is 0 Å². The number of allylic oxidation sites excluding steroid dienone is 4. The average molecular weight is 1690 g/mol. The Labute approximate surface area is 777 Å². The Bertz CT molecular complexity index is 7620. The van der Waals surface area contributed by atoms with Gasteiger partial charge in [0.15, 0.2) is 0 Å². The van der Waals surface area contributed by atoms with Crippen LogP contribution in [0.4, 0.5) is 0 Å². The van der Waals surface area contributed by atoms with Gasteiger partial charge in [0.05, 0.1) is 0 Å². The number of aryl methyl sites for hydroxylation is 4. The van der Waals surface area contributed by atoms with Crippen molar-refractivity contribution in [3.63, 3.8) is 0 Å². The second-order valence-corrected chi connectivity index (χ2v) is 39.1. The van der Waals surface area contributed by atoms with Gasteiger partial charge >= 0.3 is 0 Å². The molecular weight excluding hydrogens is 1590 g/mol. The maximum atomic E-state index is 2.46. The molecule has 0 heterocycles. The fraction of sp³-hybridized carbons (Fsp3) is 0.167. The van der Waals surface area contributed by atoms with E-state index in [4.69, 9.17) is 0 Å². The topological polar surface area (TPSA) is 0 Å². The molecule has 0 N–H and O–H groups in total. The summed E-state index contributed by atoms with van der Waals surface area (Å²) in [4.78, 5) is 0. The second-order valence-electron chi connectivity index (χ2n) is 39.1. The second kappa shape index (κ2) is 33.0. The van der Waals surface area contributed by atoms with Gasteiger partial charge in [0.2, 0.25) is 0 Å². The molecule has 17 aromatic carbocycles. The molecule has 0 aromatic heterocycles. The third-order valence-corrected chi connectivity index (χ3v) is 31.7. The fourth-order valence-corrected chi connectivity index (χ4v) is 25.5. The van der Waals surface area contributed by atoms with Crippen LogP contribution in [0.2, 0.25) is 0 Å². The number of hydrogen-bond acceptors (Lipinski definition) is 0. The van der Waals surface area contributed by atoms with Gasteiger partial charge in [0.1, 0.15) is 0 Å². The minimum Gasteiger partial charge on any atom is -0.0795 e. The number of rotatable bonds is 0. The molecule has 0 saturated heterocycles. The van der Waals surface area contributed by atoms with E-state index in [1.54, 1.807) is 66.8 Å². The van der Waals surface area contributed by atoms with Crippen molar-refractivity contribution in [2.75, 3.05) is 0 Å². The quantitative estimate of drug-likeness (QED) is 0.142. The summed E-state index contributed by atoms with van der Waals surface area (Å²) in [5.74, 6) is 0. The highest BCUT2D eigenvalue weighted by Crippen LogP contribution is 2.52. The highest BCUT2D eigenvalue weighted by molar-refractivity contribution is 5.96. The van der Waals surface area contributed by atoms with Crippen LogP contribution in [0.1, 0.15) is 197 Å². The first kappa shape index (κ1) is 78.7. The van der Waals surface area contributed by atoms with Gasteiger partial charge < -0.3 is 0 Å². The first-order valence-electron chi connectivity index (χ1n) is 49.0. The largest absolute Gasteiger partial charge is 0.0795 e. The summed E-state index contributed by atoms with van der Waals surface area (Å²) in [6, 6.07) is 117. The zero-order valence-corrected chi connectivity index (χ0v) is 75.2. The SMILES string of the molecule is C1=Cc2c(ccc3c2Cc2ccccc2-3)C1.C1=Cc2cc3c(cc2C1)-c1ccccc1C3.C1=Cc2cc3c(cc2C1)Cc1ccccc1-3.C1=Cc2ccc3c(c2C1)Cc1ccccc1-3.c1ccc2c(c1)Cc1c-2ccc2c1CCC2.c1ccc2c(c1)Cc1cc3c(cc1-2)CCC3.c1ccc2c(c1)Cc1ccc3c(c1-2)-c1ccccc1C3.c1ccc2c(c1)Cc1ccc3c(c1-2)CCC3. The molecule has 632 valence electrons. The van der Waals surface area contributed by atoms with E-state index in [1.807, 2.05) is 0 Å². The Hall–Kier alpha value is -14.3. The molecule has 0 atom stereocenters. The fourth-order valence-electron chi connectivity index (χ4n) is 25.5. The van der Waals surface area contributed by atoms with E-state index in [9.17, 15) is 0 Å². The average Bonchev–Trinajstić information content (AvgIpc) is 1.57. The molecule has 17 aromatic rings. The van der Waals surface area contributed by atoms with Crippen molar-refractivity contribution in [2.45, 2.75) is 141 Å². The predicted molar refractivity (Wildman–Crippen MR) is 553 cm³/mol. The monoisotopic (exact) mass is 1690 g/mol. The van der Waals surface area contributed by atoms with Crippen molar-refractivity contribution in [1.29, 1.82) is 0 Å². The molecule has 0 aliphatic heterocycles. The molecule has 0 fully saturated rings. The van der Waals surface area contributed by atoms with Crippen molar-refractivity contribution in [2.24, 2.45) is 0 Å². The summed E-state index contributed by atoms with van der Waals surface area (Å²) in [6.07, 6.45) is 44.3. The standard InChI is InChI=1S/C20H14.C16H14.2C16H12.2C16H14.2C16H12/c1-3-7-17-13(5-1)11-15-9-10-16-12-14-6-2-4-8-18(14)20(16)19(15)17;3*1-2-7-15-13(4-1)9-14-8-11-5-3-6-12(11)10-16(14)15;1-2-6-15-12(4-1)10-13-9-8-11-5-3-7-14(11)16(13)15;3*1-2-6-14-12(4-1)10-16-13-7-3-5-11(13)8-9-15(14)16/h1-10H,11-12H2;1-2,4,7-8,10H,3,5-6,9H2;1-4,6-8,10H,5,9H2;1-5,7-8,10H,6,9H2;2*1-2,4,6,8-9H,3,5,7,10H2;1-4,6-9H,5,10H2;1-6,8-9H,7,10H2. The van der Waals surface area contributed by atoms with Crippen molar-refractivity contribution in [1.82, 2.24) is 0 Å². The lowest BCUT2D eigenvalue weighted by Gasteiger charge is -2.10. The van der Waals surface area contributed by atoms with E-state index in [1.165, 1.54) is 269 Å². The van der Waals surface area contributed by atoms with Crippen LogP contribution in [-0.4, -0.2) is 0 Å². The highest BCUT2D eigenvalue weighted by atomic mass is 14.4. The smallest absolute Gasteiger partial charge is 0.000740 e. The van der Waals surface area contributed by atoms with Crippen molar-refractivity contribution in [3.8, 4) is 100 Å². The molecule has 0 heteroatoms. The molecule has 0 radical (unpaired) electrons. The van der Waals surface area contributed by atoms with Gasteiger partial charge in [0.25, 0.3) is 0 Å². The zero-order chi connectivity index (χ0) is 86.9. The van der Waals surface area contributed by atoms with Gasteiger partial charge in [-0.3, -0.25) is 0 Å². The number of benzene rings is 17. The first-order valence-corrected chi connectivity index (χ1v) is 49.0. The Kier molecular flexibility index (Phi) is 19.7. The predicted octanol–water partition coefficient (Wildman–Crippen LogP) is 31.4. The Morgan fingerprint density at radius 2 is 0.447 bits per heavy atom. The summed E-state index contributed by atoms with van der Waals surface area (Å²) in [5.41, 5.74) is 75.0. The Morgan fingerprint density at radius 3 is 0.985 bits per heavy atom. The lowest BCUT2D eigenvalue weighted by atomic mass is 9.94. The van der Waals surface area contributed by atoms with Crippen LogP contribution in [0.5, 0.6) is 0 Å². The lowest BCUT2D eigenvalue weighted by Crippen LogP contribution is -1.91. The third-order valence-electron chi connectivity index (χ3n) is 31.7. The van der Waals surface area contributed by atoms with Gasteiger partial charge in [-0.25, -0.2) is 0 Å². The molecule has 132 heavy (non-hydrogen) atoms. The maximum Gasteiger partial charge on any atom is -0.000740 e. The molecule has 16 aliphatic rings. The molecule has 0 amide bonds. The van der Waals surface area contributed by atoms with Crippen LogP contribution in [0.3, 0.4) is 0 Å². The van der Waals surface area contributed by atoms with E-state index in [-0.39, 0.29) is 0 Å². The molecule has 0 unspecified atom stereocenters. The van der Waals surface area contributed by atoms with Gasteiger partial charge in [-0.05, 0) is 432 Å². The highest BCUT2D eigenvalue weighted by Gasteiger charge is 2.33. The van der Waals surface area contributed by atoms with Crippen molar-refractivity contribution >= 4 is 24.3 Å². The minimum absolute atomic E-state index is 1.08. The third kappa shape index (κ3) is 13.8. The van der Waals surface area contributed by atoms with Crippen LogP contribution in [0.25, 0.3) is 124 Å². The number of hydrogen-bond donors (Lipinski definition) is 0. The van der Waals surface area contributed by atoms with E-state index in [0.717, 1.165) is 83.5 Å². The van der Waals surface area contributed by atoms with Gasteiger partial charge in [-0.15, -0.1) is 0 Å². The van der Waals surface area contributed by atoms with E-state index >= 15 is 0 Å². The van der Waals surface area contributed by atoms with Crippen molar-refractivity contribution < 1.29 is 0 Å². The van der Waals surface area contributed by atoms with Crippen LogP contribution < -0.4 is 0 Å². The maximum absolute atomic E-state index is 2.46. The van der Waals surface area contributed by atoms with E-state index in [0.29, 0.717) is 0 Å². The van der Waals surface area contributed by atoms with E-state index in [2.05, 4.69) is 364 Å². The lowest BCUT2D eigenvalue weighted by molar-refractivity contribution is 0.908. The molecule has 0 spiro atoms. The molecule has 33 rings (SSSR count). The summed E-state index contributed by atoms with van der Waals surface area (Å²) < 4.78 is 0. The van der Waals surface area contributed by atoms with Crippen molar-refractivity contribution in [3.05, 3.63) is 518 Å². The Morgan fingerprint density at radius 1 is 0.136 bits per heavy atom. The first-order chi connectivity index (χ1) is 65.4.